The second kappa shape index (κ2) is 10.9. The van der Waals surface area contributed by atoms with Gasteiger partial charge in [0.05, 0.1) is 11.9 Å². The van der Waals surface area contributed by atoms with E-state index in [-0.39, 0.29) is 30.1 Å². The minimum atomic E-state index is -1.10. The molecule has 0 radical (unpaired) electrons. The molecule has 2 aromatic rings. The van der Waals surface area contributed by atoms with Crippen LogP contribution in [0.3, 0.4) is 0 Å². The number of carbonyl (C=O) groups is 4. The van der Waals surface area contributed by atoms with Crippen LogP contribution < -0.4 is 20.0 Å². The highest BCUT2D eigenvalue weighted by Crippen LogP contribution is 2.48. The number of carbonyl (C=O) groups excluding carboxylic acids is 3. The number of rotatable bonds is 11. The standard InChI is InChI=1S/C27H35N7O5/c1-6-32(7-2)25-28-16-21(33(8-3)17(4)35)22(30-25)29-20(23(36)37)15-18-9-11-19(12-10-18)34-24(38)27(13-14-27)31(5)26(34)39/h9-12,16,20H,6-8,13-15H2,1-5H3,(H,36,37)(H,28,29,30)/t20-/m0/s1. The molecule has 2 N–H and O–H groups in total. The summed E-state index contributed by atoms with van der Waals surface area (Å²) in [6.07, 6.45) is 2.95. The lowest BCUT2D eigenvalue weighted by Gasteiger charge is -2.26. The number of anilines is 4. The Balaban J connectivity index is 1.59. The van der Waals surface area contributed by atoms with Gasteiger partial charge in [-0.15, -0.1) is 0 Å². The summed E-state index contributed by atoms with van der Waals surface area (Å²) in [5, 5.41) is 13.1. The Morgan fingerprint density at radius 3 is 2.23 bits per heavy atom. The van der Waals surface area contributed by atoms with Crippen LogP contribution in [0.1, 0.15) is 46.1 Å². The molecule has 2 fully saturated rings. The van der Waals surface area contributed by atoms with Gasteiger partial charge < -0.3 is 25.1 Å². The van der Waals surface area contributed by atoms with Crippen LogP contribution in [0.2, 0.25) is 0 Å². The Hall–Kier alpha value is -4.22. The van der Waals surface area contributed by atoms with Crippen molar-refractivity contribution in [3.05, 3.63) is 36.0 Å². The van der Waals surface area contributed by atoms with Crippen LogP contribution >= 0.6 is 0 Å². The highest BCUT2D eigenvalue weighted by molar-refractivity contribution is 6.24. The molecule has 4 amide bonds. The third-order valence-electron chi connectivity index (χ3n) is 7.48. The van der Waals surface area contributed by atoms with E-state index >= 15 is 0 Å². The van der Waals surface area contributed by atoms with Gasteiger partial charge in [0.15, 0.2) is 5.82 Å². The molecule has 1 aromatic carbocycles. The van der Waals surface area contributed by atoms with Crippen LogP contribution in [0.15, 0.2) is 30.5 Å². The lowest BCUT2D eigenvalue weighted by atomic mass is 10.0. The van der Waals surface area contributed by atoms with Gasteiger partial charge in [-0.05, 0) is 51.3 Å². The predicted octanol–water partition coefficient (Wildman–Crippen LogP) is 2.73. The molecule has 39 heavy (non-hydrogen) atoms. The summed E-state index contributed by atoms with van der Waals surface area (Å²) >= 11 is 0. The number of imide groups is 1. The van der Waals surface area contributed by atoms with Crippen molar-refractivity contribution in [2.24, 2.45) is 0 Å². The second-order valence-corrected chi connectivity index (χ2v) is 9.76. The van der Waals surface area contributed by atoms with E-state index in [9.17, 15) is 24.3 Å². The number of urea groups is 1. The largest absolute Gasteiger partial charge is 0.480 e. The Morgan fingerprint density at radius 1 is 1.10 bits per heavy atom. The summed E-state index contributed by atoms with van der Waals surface area (Å²) in [7, 11) is 1.64. The number of aromatic nitrogens is 2. The van der Waals surface area contributed by atoms with Gasteiger partial charge in [0.1, 0.15) is 17.3 Å². The molecule has 12 heteroatoms. The Morgan fingerprint density at radius 2 is 1.74 bits per heavy atom. The predicted molar refractivity (Wildman–Crippen MR) is 147 cm³/mol. The van der Waals surface area contributed by atoms with Crippen molar-refractivity contribution in [3.8, 4) is 0 Å². The third kappa shape index (κ3) is 5.10. The minimum Gasteiger partial charge on any atom is -0.480 e. The van der Waals surface area contributed by atoms with Crippen LogP contribution in [0, 0.1) is 0 Å². The molecule has 1 aliphatic heterocycles. The van der Waals surface area contributed by atoms with Gasteiger partial charge in [0, 0.05) is 40.0 Å². The van der Waals surface area contributed by atoms with Gasteiger partial charge in [-0.25, -0.2) is 19.5 Å². The van der Waals surface area contributed by atoms with Gasteiger partial charge in [-0.3, -0.25) is 9.59 Å². The van der Waals surface area contributed by atoms with Crippen LogP contribution in [0.25, 0.3) is 0 Å². The number of likely N-dealkylation sites (N-methyl/N-ethyl adjacent to an activating group) is 1. The molecule has 1 spiro atoms. The van der Waals surface area contributed by atoms with E-state index in [2.05, 4.69) is 15.3 Å². The summed E-state index contributed by atoms with van der Waals surface area (Å²) in [5.74, 6) is -0.858. The zero-order valence-corrected chi connectivity index (χ0v) is 23.0. The first kappa shape index (κ1) is 27.8. The molecular formula is C27H35N7O5. The third-order valence-corrected chi connectivity index (χ3v) is 7.48. The van der Waals surface area contributed by atoms with Gasteiger partial charge in [0.25, 0.3) is 5.91 Å². The van der Waals surface area contributed by atoms with Crippen molar-refractivity contribution in [2.75, 3.05) is 46.7 Å². The zero-order chi connectivity index (χ0) is 28.5. The van der Waals surface area contributed by atoms with E-state index in [1.807, 2.05) is 25.7 Å². The van der Waals surface area contributed by atoms with Crippen molar-refractivity contribution >= 4 is 47.0 Å². The first-order valence-corrected chi connectivity index (χ1v) is 13.2. The lowest BCUT2D eigenvalue weighted by molar-refractivity contribution is -0.137. The minimum absolute atomic E-state index is 0.0948. The highest BCUT2D eigenvalue weighted by atomic mass is 16.4. The fraction of sp³-hybridized carbons (Fsp3) is 0.481. The summed E-state index contributed by atoms with van der Waals surface area (Å²) in [5.41, 5.74) is 0.822. The van der Waals surface area contributed by atoms with Crippen molar-refractivity contribution < 1.29 is 24.3 Å². The highest BCUT2D eigenvalue weighted by Gasteiger charge is 2.63. The Labute approximate surface area is 227 Å². The molecule has 4 rings (SSSR count). The number of nitrogens with one attached hydrogen (secondary N) is 1. The van der Waals surface area contributed by atoms with Gasteiger partial charge in [0.2, 0.25) is 11.9 Å². The van der Waals surface area contributed by atoms with Gasteiger partial charge in [-0.1, -0.05) is 12.1 Å². The van der Waals surface area contributed by atoms with Crippen molar-refractivity contribution in [1.29, 1.82) is 0 Å². The zero-order valence-electron chi connectivity index (χ0n) is 23.0. The maximum absolute atomic E-state index is 12.9. The van der Waals surface area contributed by atoms with Crippen LogP contribution in [0.4, 0.5) is 27.9 Å². The summed E-state index contributed by atoms with van der Waals surface area (Å²) in [6.45, 7) is 8.87. The van der Waals surface area contributed by atoms with Crippen LogP contribution in [-0.2, 0) is 20.8 Å². The number of amides is 4. The quantitative estimate of drug-likeness (QED) is 0.414. The maximum Gasteiger partial charge on any atom is 0.332 e. The van der Waals surface area contributed by atoms with Gasteiger partial charge >= 0.3 is 12.0 Å². The number of aliphatic carboxylic acids is 1. The number of hydrogen-bond acceptors (Lipinski definition) is 8. The first-order chi connectivity index (χ1) is 18.6. The summed E-state index contributed by atoms with van der Waals surface area (Å²) in [6, 6.07) is 5.30. The molecule has 2 aliphatic rings. The van der Waals surface area contributed by atoms with E-state index in [0.29, 0.717) is 55.4 Å². The van der Waals surface area contributed by atoms with Crippen molar-refractivity contribution in [2.45, 2.75) is 58.5 Å². The van der Waals surface area contributed by atoms with Crippen LogP contribution in [-0.4, -0.2) is 82.1 Å². The molecule has 1 aromatic heterocycles. The van der Waals surface area contributed by atoms with E-state index in [1.165, 1.54) is 27.8 Å². The summed E-state index contributed by atoms with van der Waals surface area (Å²) < 4.78 is 0. The van der Waals surface area contributed by atoms with E-state index in [0.717, 1.165) is 0 Å². The monoisotopic (exact) mass is 537 g/mol. The smallest absolute Gasteiger partial charge is 0.332 e. The number of hydrogen-bond donors (Lipinski definition) is 2. The SMILES string of the molecule is CCN(CC)c1ncc(N(CC)C(C)=O)c(N[C@@H](Cc2ccc(N3C(=O)N(C)C4(CC4)C3=O)cc2)C(=O)O)n1. The molecular weight excluding hydrogens is 502 g/mol. The molecule has 12 nitrogen and oxygen atoms in total. The fourth-order valence-corrected chi connectivity index (χ4v) is 4.94. The molecule has 208 valence electrons. The molecule has 1 saturated heterocycles. The molecule has 2 heterocycles. The average Bonchev–Trinajstić information content (AvgIpc) is 3.70. The Kier molecular flexibility index (Phi) is 7.75. The second-order valence-electron chi connectivity index (χ2n) is 9.76. The Bertz CT molecular complexity index is 1270. The molecule has 1 atom stereocenters. The lowest BCUT2D eigenvalue weighted by Crippen LogP contribution is -2.35. The average molecular weight is 538 g/mol. The molecule has 0 unspecified atom stereocenters. The first-order valence-electron chi connectivity index (χ1n) is 13.2. The van der Waals surface area contributed by atoms with E-state index in [1.54, 1.807) is 31.3 Å². The van der Waals surface area contributed by atoms with Crippen LogP contribution in [0.5, 0.6) is 0 Å². The van der Waals surface area contributed by atoms with E-state index in [4.69, 9.17) is 0 Å². The maximum atomic E-state index is 12.9. The molecule has 0 bridgehead atoms. The van der Waals surface area contributed by atoms with E-state index < -0.39 is 17.6 Å². The fourth-order valence-electron chi connectivity index (χ4n) is 4.94. The topological polar surface area (TPSA) is 139 Å². The summed E-state index contributed by atoms with van der Waals surface area (Å²) in [4.78, 5) is 65.3. The number of carboxylic acids is 1. The van der Waals surface area contributed by atoms with Crippen molar-refractivity contribution in [1.82, 2.24) is 14.9 Å². The van der Waals surface area contributed by atoms with Crippen molar-refractivity contribution in [3.63, 3.8) is 0 Å². The molecule has 1 aliphatic carbocycles. The number of benzene rings is 1. The number of carboxylic acid groups (broad SMARTS) is 1. The van der Waals surface area contributed by atoms with Gasteiger partial charge in [-0.2, -0.15) is 4.98 Å². The number of nitrogens with zero attached hydrogens (tertiary/aromatic N) is 6. The molecule has 1 saturated carbocycles. The normalized spacial score (nSPS) is 16.4.